The first-order valence-electron chi connectivity index (χ1n) is 9.28. The quantitative estimate of drug-likeness (QED) is 0.544. The molecule has 2 aromatic carbocycles. The molecule has 9 heteroatoms. The lowest BCUT2D eigenvalue weighted by Crippen LogP contribution is -2.29. The van der Waals surface area contributed by atoms with Gasteiger partial charge in [0.25, 0.3) is 0 Å². The van der Waals surface area contributed by atoms with E-state index in [-0.39, 0.29) is 24.7 Å². The van der Waals surface area contributed by atoms with E-state index in [0.717, 1.165) is 17.7 Å². The highest BCUT2D eigenvalue weighted by Crippen LogP contribution is 2.30. The molecule has 0 radical (unpaired) electrons. The number of amides is 1. The van der Waals surface area contributed by atoms with Crippen LogP contribution in [-0.4, -0.2) is 24.5 Å². The lowest BCUT2D eigenvalue weighted by Gasteiger charge is -2.11. The Labute approximate surface area is 177 Å². The lowest BCUT2D eigenvalue weighted by atomic mass is 10.2. The van der Waals surface area contributed by atoms with Crippen molar-refractivity contribution in [1.82, 2.24) is 10.3 Å². The van der Waals surface area contributed by atoms with Crippen molar-refractivity contribution in [2.45, 2.75) is 12.7 Å². The molecule has 0 saturated carbocycles. The zero-order valence-electron chi connectivity index (χ0n) is 16.6. The molecule has 6 nitrogen and oxygen atoms in total. The number of ether oxygens (including phenoxy) is 2. The molecule has 0 aliphatic carbocycles. The third kappa shape index (κ3) is 6.63. The second-order valence-corrected chi connectivity index (χ2v) is 6.49. The van der Waals surface area contributed by atoms with Crippen LogP contribution >= 0.6 is 0 Å². The molecule has 1 heterocycles. The average molecular weight is 431 g/mol. The summed E-state index contributed by atoms with van der Waals surface area (Å²) in [5, 5.41) is 5.36. The molecule has 0 aliphatic rings. The minimum absolute atomic E-state index is 0.161. The van der Waals surface area contributed by atoms with Crippen LogP contribution in [0.1, 0.15) is 11.1 Å². The van der Waals surface area contributed by atoms with Crippen molar-refractivity contribution in [2.24, 2.45) is 0 Å². The number of carbonyl (C=O) groups is 1. The fourth-order valence-corrected chi connectivity index (χ4v) is 2.61. The summed E-state index contributed by atoms with van der Waals surface area (Å²) in [5.41, 5.74) is 0.177. The van der Waals surface area contributed by atoms with E-state index in [4.69, 9.17) is 9.47 Å². The Morgan fingerprint density at radius 1 is 1.03 bits per heavy atom. The van der Waals surface area contributed by atoms with Crippen LogP contribution < -0.4 is 20.1 Å². The standard InChI is InChI=1S/C22H20F3N3O3/c1-30-18-6-3-7-19(11-18)31-21-9-8-15(13-28-21)12-27-20(29)14-26-17-5-2-4-16(10-17)22(23,24)25/h2-11,13,26H,12,14H2,1H3,(H,27,29). The minimum Gasteiger partial charge on any atom is -0.497 e. The van der Waals surface area contributed by atoms with Gasteiger partial charge < -0.3 is 20.1 Å². The number of rotatable bonds is 8. The summed E-state index contributed by atoms with van der Waals surface area (Å²) in [5.74, 6) is 1.26. The number of hydrogen-bond acceptors (Lipinski definition) is 5. The van der Waals surface area contributed by atoms with Gasteiger partial charge in [0.2, 0.25) is 11.8 Å². The number of nitrogens with zero attached hydrogens (tertiary/aromatic N) is 1. The van der Waals surface area contributed by atoms with Crippen LogP contribution in [0.3, 0.4) is 0 Å². The second-order valence-electron chi connectivity index (χ2n) is 6.49. The third-order valence-corrected chi connectivity index (χ3v) is 4.19. The molecule has 1 amide bonds. The maximum atomic E-state index is 12.7. The van der Waals surface area contributed by atoms with Crippen molar-refractivity contribution in [3.05, 3.63) is 78.0 Å². The Morgan fingerprint density at radius 2 is 1.81 bits per heavy atom. The molecule has 0 spiro atoms. The van der Waals surface area contributed by atoms with Crippen LogP contribution in [-0.2, 0) is 17.5 Å². The topological polar surface area (TPSA) is 72.5 Å². The number of halogens is 3. The summed E-state index contributed by atoms with van der Waals surface area (Å²) in [6.07, 6.45) is -2.87. The van der Waals surface area contributed by atoms with Crippen LogP contribution in [0.15, 0.2) is 66.9 Å². The number of pyridine rings is 1. The van der Waals surface area contributed by atoms with Crippen molar-refractivity contribution in [3.8, 4) is 17.4 Å². The molecular weight excluding hydrogens is 411 g/mol. The highest BCUT2D eigenvalue weighted by Gasteiger charge is 2.30. The minimum atomic E-state index is -4.44. The highest BCUT2D eigenvalue weighted by molar-refractivity contribution is 5.80. The summed E-state index contributed by atoms with van der Waals surface area (Å²) in [6, 6.07) is 15.2. The molecule has 0 atom stereocenters. The third-order valence-electron chi connectivity index (χ3n) is 4.19. The molecule has 0 fully saturated rings. The summed E-state index contributed by atoms with van der Waals surface area (Å²) in [4.78, 5) is 16.2. The Kier molecular flexibility index (Phi) is 6.96. The fraction of sp³-hybridized carbons (Fsp3) is 0.182. The van der Waals surface area contributed by atoms with Crippen LogP contribution in [0, 0.1) is 0 Å². The predicted octanol–water partition coefficient (Wildman–Crippen LogP) is 4.63. The van der Waals surface area contributed by atoms with Gasteiger partial charge in [-0.3, -0.25) is 4.79 Å². The number of carbonyl (C=O) groups excluding carboxylic acids is 1. The lowest BCUT2D eigenvalue weighted by molar-refractivity contribution is -0.137. The van der Waals surface area contributed by atoms with Gasteiger partial charge >= 0.3 is 6.18 Å². The Hall–Kier alpha value is -3.75. The van der Waals surface area contributed by atoms with Crippen molar-refractivity contribution in [1.29, 1.82) is 0 Å². The highest BCUT2D eigenvalue weighted by atomic mass is 19.4. The van der Waals surface area contributed by atoms with Gasteiger partial charge in [-0.2, -0.15) is 13.2 Å². The molecular formula is C22H20F3N3O3. The molecule has 3 aromatic rings. The van der Waals surface area contributed by atoms with Gasteiger partial charge in [0.05, 0.1) is 19.2 Å². The normalized spacial score (nSPS) is 11.0. The van der Waals surface area contributed by atoms with Crippen molar-refractivity contribution in [3.63, 3.8) is 0 Å². The summed E-state index contributed by atoms with van der Waals surface area (Å²) in [7, 11) is 1.57. The number of benzene rings is 2. The number of alkyl halides is 3. The van der Waals surface area contributed by atoms with E-state index in [1.165, 1.54) is 12.1 Å². The van der Waals surface area contributed by atoms with Gasteiger partial charge in [0, 0.05) is 30.6 Å². The van der Waals surface area contributed by atoms with Gasteiger partial charge in [-0.25, -0.2) is 4.98 Å². The predicted molar refractivity (Wildman–Crippen MR) is 109 cm³/mol. The van der Waals surface area contributed by atoms with E-state index in [1.54, 1.807) is 49.7 Å². The van der Waals surface area contributed by atoms with E-state index in [0.29, 0.717) is 17.4 Å². The molecule has 31 heavy (non-hydrogen) atoms. The van der Waals surface area contributed by atoms with Gasteiger partial charge in [-0.05, 0) is 35.9 Å². The first kappa shape index (κ1) is 21.9. The molecule has 0 saturated heterocycles. The average Bonchev–Trinajstić information content (AvgIpc) is 2.77. The molecule has 3 rings (SSSR count). The number of methoxy groups -OCH3 is 1. The van der Waals surface area contributed by atoms with E-state index < -0.39 is 11.7 Å². The second kappa shape index (κ2) is 9.84. The summed E-state index contributed by atoms with van der Waals surface area (Å²) >= 11 is 0. The monoisotopic (exact) mass is 431 g/mol. The Bertz CT molecular complexity index is 1020. The maximum absolute atomic E-state index is 12.7. The first-order chi connectivity index (χ1) is 14.8. The van der Waals surface area contributed by atoms with Crippen LogP contribution in [0.25, 0.3) is 0 Å². The van der Waals surface area contributed by atoms with E-state index in [2.05, 4.69) is 15.6 Å². The molecule has 0 aliphatic heterocycles. The number of aromatic nitrogens is 1. The number of hydrogen-bond donors (Lipinski definition) is 2. The molecule has 2 N–H and O–H groups in total. The van der Waals surface area contributed by atoms with Crippen LogP contribution in [0.4, 0.5) is 18.9 Å². The smallest absolute Gasteiger partial charge is 0.416 e. The van der Waals surface area contributed by atoms with E-state index in [1.807, 2.05) is 0 Å². The van der Waals surface area contributed by atoms with Crippen molar-refractivity contribution in [2.75, 3.05) is 19.0 Å². The Balaban J connectivity index is 1.47. The first-order valence-corrected chi connectivity index (χ1v) is 9.28. The van der Waals surface area contributed by atoms with Crippen molar-refractivity contribution < 1.29 is 27.4 Å². The summed E-state index contributed by atoms with van der Waals surface area (Å²) < 4.78 is 49.0. The maximum Gasteiger partial charge on any atom is 0.416 e. The SMILES string of the molecule is COc1cccc(Oc2ccc(CNC(=O)CNc3cccc(C(F)(F)F)c3)cn2)c1. The molecule has 1 aromatic heterocycles. The van der Waals surface area contributed by atoms with Crippen LogP contribution in [0.2, 0.25) is 0 Å². The van der Waals surface area contributed by atoms with Gasteiger partial charge in [-0.1, -0.05) is 18.2 Å². The Morgan fingerprint density at radius 3 is 2.52 bits per heavy atom. The van der Waals surface area contributed by atoms with Gasteiger partial charge in [-0.15, -0.1) is 0 Å². The molecule has 162 valence electrons. The van der Waals surface area contributed by atoms with Gasteiger partial charge in [0.15, 0.2) is 0 Å². The largest absolute Gasteiger partial charge is 0.497 e. The molecule has 0 unspecified atom stereocenters. The zero-order valence-corrected chi connectivity index (χ0v) is 16.6. The summed E-state index contributed by atoms with van der Waals surface area (Å²) in [6.45, 7) is 0.0569. The fourth-order valence-electron chi connectivity index (χ4n) is 2.61. The molecule has 0 bridgehead atoms. The zero-order chi connectivity index (χ0) is 22.3. The number of nitrogens with one attached hydrogen (secondary N) is 2. The number of anilines is 1. The van der Waals surface area contributed by atoms with Crippen LogP contribution in [0.5, 0.6) is 17.4 Å². The van der Waals surface area contributed by atoms with E-state index >= 15 is 0 Å². The van der Waals surface area contributed by atoms with E-state index in [9.17, 15) is 18.0 Å². The van der Waals surface area contributed by atoms with Crippen molar-refractivity contribution >= 4 is 11.6 Å². The van der Waals surface area contributed by atoms with Gasteiger partial charge in [0.1, 0.15) is 11.5 Å².